The van der Waals surface area contributed by atoms with E-state index in [0.717, 1.165) is 18.0 Å². The summed E-state index contributed by atoms with van der Waals surface area (Å²) in [5.74, 6) is 2.63. The second-order valence-corrected chi connectivity index (χ2v) is 6.42. The number of hydrogen-bond donors (Lipinski definition) is 0. The van der Waals surface area contributed by atoms with Gasteiger partial charge in [-0.1, -0.05) is 24.3 Å². The van der Waals surface area contributed by atoms with E-state index >= 15 is 0 Å². The number of nitrogens with zero attached hydrogens (tertiary/aromatic N) is 2. The lowest BCUT2D eigenvalue weighted by Gasteiger charge is -2.38. The van der Waals surface area contributed by atoms with Gasteiger partial charge in [-0.3, -0.25) is 0 Å². The first-order valence-corrected chi connectivity index (χ1v) is 8.13. The standard InChI is InChI=1S/C19H22N2O/c1-20-12-6-7-15(13-20)14-21-16-8-2-4-10-18(16)22-19-11-5-3-9-17(19)21/h2-5,8-11,15H,6-7,12-14H2,1H3. The molecule has 2 aliphatic heterocycles. The van der Waals surface area contributed by atoms with E-state index in [0.29, 0.717) is 5.92 Å². The molecule has 1 atom stereocenters. The van der Waals surface area contributed by atoms with E-state index in [2.05, 4.69) is 53.2 Å². The van der Waals surface area contributed by atoms with Crippen LogP contribution in [-0.4, -0.2) is 31.6 Å². The summed E-state index contributed by atoms with van der Waals surface area (Å²) in [5, 5.41) is 0. The van der Waals surface area contributed by atoms with Gasteiger partial charge >= 0.3 is 0 Å². The number of benzene rings is 2. The van der Waals surface area contributed by atoms with Crippen LogP contribution in [0.3, 0.4) is 0 Å². The first-order valence-electron chi connectivity index (χ1n) is 8.13. The van der Waals surface area contributed by atoms with Crippen molar-refractivity contribution in [2.45, 2.75) is 12.8 Å². The van der Waals surface area contributed by atoms with E-state index in [1.54, 1.807) is 0 Å². The van der Waals surface area contributed by atoms with Crippen molar-refractivity contribution in [3.63, 3.8) is 0 Å². The van der Waals surface area contributed by atoms with Crippen molar-refractivity contribution in [2.75, 3.05) is 31.6 Å². The van der Waals surface area contributed by atoms with Gasteiger partial charge in [0.15, 0.2) is 11.5 Å². The Hall–Kier alpha value is -2.00. The summed E-state index contributed by atoms with van der Waals surface area (Å²) in [7, 11) is 2.23. The van der Waals surface area contributed by atoms with Gasteiger partial charge in [0, 0.05) is 13.1 Å². The van der Waals surface area contributed by atoms with Crippen molar-refractivity contribution in [1.82, 2.24) is 4.90 Å². The Labute approximate surface area is 132 Å². The van der Waals surface area contributed by atoms with Crippen LogP contribution in [0.25, 0.3) is 0 Å². The van der Waals surface area contributed by atoms with Crippen LogP contribution >= 0.6 is 0 Å². The van der Waals surface area contributed by atoms with Crippen molar-refractivity contribution in [3.05, 3.63) is 48.5 Å². The van der Waals surface area contributed by atoms with Gasteiger partial charge in [0.25, 0.3) is 0 Å². The van der Waals surface area contributed by atoms with Crippen LogP contribution < -0.4 is 9.64 Å². The second kappa shape index (κ2) is 5.65. The van der Waals surface area contributed by atoms with Gasteiger partial charge in [-0.15, -0.1) is 0 Å². The average molecular weight is 294 g/mol. The Balaban J connectivity index is 1.68. The molecule has 2 heterocycles. The number of likely N-dealkylation sites (tertiary alicyclic amines) is 1. The number of piperidine rings is 1. The maximum Gasteiger partial charge on any atom is 0.151 e. The molecule has 2 aromatic carbocycles. The zero-order valence-corrected chi connectivity index (χ0v) is 13.0. The third-order valence-corrected chi connectivity index (χ3v) is 4.69. The Bertz CT molecular complexity index is 624. The Morgan fingerprint density at radius 2 is 1.64 bits per heavy atom. The van der Waals surface area contributed by atoms with E-state index < -0.39 is 0 Å². The molecule has 114 valence electrons. The highest BCUT2D eigenvalue weighted by Gasteiger charge is 2.27. The van der Waals surface area contributed by atoms with Gasteiger partial charge in [0.2, 0.25) is 0 Å². The van der Waals surface area contributed by atoms with E-state index in [1.165, 1.54) is 37.3 Å². The van der Waals surface area contributed by atoms with Gasteiger partial charge in [-0.2, -0.15) is 0 Å². The molecule has 2 aromatic rings. The quantitative estimate of drug-likeness (QED) is 0.822. The number of ether oxygens (including phenoxy) is 1. The van der Waals surface area contributed by atoms with Crippen LogP contribution in [-0.2, 0) is 0 Å². The van der Waals surface area contributed by atoms with Crippen molar-refractivity contribution in [2.24, 2.45) is 5.92 Å². The fourth-order valence-corrected chi connectivity index (χ4v) is 3.66. The molecule has 3 nitrogen and oxygen atoms in total. The summed E-state index contributed by atoms with van der Waals surface area (Å²) in [6.07, 6.45) is 2.61. The molecule has 0 amide bonds. The summed E-state index contributed by atoms with van der Waals surface area (Å²) in [6.45, 7) is 3.47. The molecule has 0 N–H and O–H groups in total. The van der Waals surface area contributed by atoms with Crippen molar-refractivity contribution in [1.29, 1.82) is 0 Å². The monoisotopic (exact) mass is 294 g/mol. The topological polar surface area (TPSA) is 15.7 Å². The summed E-state index contributed by atoms with van der Waals surface area (Å²) < 4.78 is 6.07. The van der Waals surface area contributed by atoms with Gasteiger partial charge in [0.1, 0.15) is 0 Å². The lowest BCUT2D eigenvalue weighted by molar-refractivity contribution is 0.213. The summed E-state index contributed by atoms with van der Waals surface area (Å²) >= 11 is 0. The molecule has 0 radical (unpaired) electrons. The average Bonchev–Trinajstić information content (AvgIpc) is 2.55. The SMILES string of the molecule is CN1CCCC(CN2c3ccccc3Oc3ccccc32)C1. The fraction of sp³-hybridized carbons (Fsp3) is 0.368. The molecule has 4 rings (SSSR count). The molecule has 0 aliphatic carbocycles. The van der Waals surface area contributed by atoms with Crippen molar-refractivity contribution < 1.29 is 4.74 Å². The van der Waals surface area contributed by atoms with Crippen LogP contribution in [0.4, 0.5) is 11.4 Å². The molecule has 1 unspecified atom stereocenters. The van der Waals surface area contributed by atoms with Crippen LogP contribution in [0.5, 0.6) is 11.5 Å². The highest BCUT2D eigenvalue weighted by Crippen LogP contribution is 2.46. The highest BCUT2D eigenvalue weighted by atomic mass is 16.5. The zero-order chi connectivity index (χ0) is 14.9. The van der Waals surface area contributed by atoms with E-state index in [-0.39, 0.29) is 0 Å². The molecule has 1 fully saturated rings. The van der Waals surface area contributed by atoms with Gasteiger partial charge in [0.05, 0.1) is 11.4 Å². The maximum absolute atomic E-state index is 6.07. The lowest BCUT2D eigenvalue weighted by Crippen LogP contribution is -2.38. The van der Waals surface area contributed by atoms with E-state index in [9.17, 15) is 0 Å². The molecule has 0 aromatic heterocycles. The van der Waals surface area contributed by atoms with Crippen molar-refractivity contribution in [3.8, 4) is 11.5 Å². The van der Waals surface area contributed by atoms with Crippen LogP contribution in [0.2, 0.25) is 0 Å². The normalized spacial score (nSPS) is 21.0. The zero-order valence-electron chi connectivity index (χ0n) is 13.0. The summed E-state index contributed by atoms with van der Waals surface area (Å²) in [6, 6.07) is 16.7. The van der Waals surface area contributed by atoms with Gasteiger partial charge in [-0.05, 0) is 56.6 Å². The second-order valence-electron chi connectivity index (χ2n) is 6.42. The van der Waals surface area contributed by atoms with Crippen LogP contribution in [0.1, 0.15) is 12.8 Å². The molecule has 0 bridgehead atoms. The third-order valence-electron chi connectivity index (χ3n) is 4.69. The summed E-state index contributed by atoms with van der Waals surface area (Å²) in [4.78, 5) is 4.89. The lowest BCUT2D eigenvalue weighted by atomic mass is 9.97. The first-order chi connectivity index (χ1) is 10.8. The molecule has 2 aliphatic rings. The minimum Gasteiger partial charge on any atom is -0.453 e. The summed E-state index contributed by atoms with van der Waals surface area (Å²) in [5.41, 5.74) is 2.38. The number of para-hydroxylation sites is 4. The molecular formula is C19H22N2O. The van der Waals surface area contributed by atoms with E-state index in [1.807, 2.05) is 12.1 Å². The number of fused-ring (bicyclic) bond motifs is 2. The minimum absolute atomic E-state index is 0.706. The molecule has 3 heteroatoms. The molecule has 22 heavy (non-hydrogen) atoms. The molecule has 0 saturated carbocycles. The number of hydrogen-bond acceptors (Lipinski definition) is 3. The number of rotatable bonds is 2. The van der Waals surface area contributed by atoms with E-state index in [4.69, 9.17) is 4.74 Å². The molecular weight excluding hydrogens is 272 g/mol. The molecule has 0 spiro atoms. The third kappa shape index (κ3) is 2.46. The highest BCUT2D eigenvalue weighted by molar-refractivity contribution is 5.77. The molecule has 1 saturated heterocycles. The Morgan fingerprint density at radius 1 is 1.00 bits per heavy atom. The van der Waals surface area contributed by atoms with Crippen LogP contribution in [0.15, 0.2) is 48.5 Å². The predicted molar refractivity (Wildman–Crippen MR) is 90.2 cm³/mol. The fourth-order valence-electron chi connectivity index (χ4n) is 3.66. The first kappa shape index (κ1) is 13.6. The largest absolute Gasteiger partial charge is 0.453 e. The Kier molecular flexibility index (Phi) is 3.51. The number of anilines is 2. The van der Waals surface area contributed by atoms with Gasteiger partial charge < -0.3 is 14.5 Å². The Morgan fingerprint density at radius 3 is 2.27 bits per heavy atom. The van der Waals surface area contributed by atoms with Crippen LogP contribution in [0, 0.1) is 5.92 Å². The predicted octanol–water partition coefficient (Wildman–Crippen LogP) is 4.27. The minimum atomic E-state index is 0.706. The smallest absolute Gasteiger partial charge is 0.151 e. The van der Waals surface area contributed by atoms with Crippen molar-refractivity contribution >= 4 is 11.4 Å². The van der Waals surface area contributed by atoms with Gasteiger partial charge in [-0.25, -0.2) is 0 Å². The maximum atomic E-state index is 6.07.